The number of anilines is 2. The third kappa shape index (κ3) is 4.56. The number of ether oxygens (including phenoxy) is 2. The third-order valence-electron chi connectivity index (χ3n) is 6.56. The average molecular weight is 520 g/mol. The van der Waals surface area contributed by atoms with Gasteiger partial charge in [0.2, 0.25) is 5.88 Å². The quantitative estimate of drug-likeness (QED) is 0.342. The number of nitrogens with one attached hydrogen (secondary N) is 1. The van der Waals surface area contributed by atoms with Gasteiger partial charge in [0.05, 0.1) is 39.3 Å². The third-order valence-corrected chi connectivity index (χ3v) is 7.35. The Morgan fingerprint density at radius 2 is 2.00 bits per heavy atom. The zero-order valence-electron chi connectivity index (χ0n) is 20.7. The Balaban J connectivity index is 1.47. The van der Waals surface area contributed by atoms with Crippen LogP contribution in [0.3, 0.4) is 0 Å². The van der Waals surface area contributed by atoms with Crippen LogP contribution in [0.4, 0.5) is 15.9 Å². The molecule has 0 bridgehead atoms. The highest BCUT2D eigenvalue weighted by Gasteiger charge is 2.30. The van der Waals surface area contributed by atoms with Gasteiger partial charge in [0, 0.05) is 32.0 Å². The summed E-state index contributed by atoms with van der Waals surface area (Å²) in [6.45, 7) is 1.09. The molecule has 11 heteroatoms. The second-order valence-corrected chi connectivity index (χ2v) is 10.1. The lowest BCUT2D eigenvalue weighted by Gasteiger charge is -2.32. The summed E-state index contributed by atoms with van der Waals surface area (Å²) in [5.74, 6) is 1.58. The minimum atomic E-state index is -1.11. The molecular formula is C26H26FN7O2S. The molecule has 5 aromatic rings. The van der Waals surface area contributed by atoms with E-state index in [0.29, 0.717) is 41.3 Å². The Bertz CT molecular complexity index is 1590. The molecule has 4 heterocycles. The van der Waals surface area contributed by atoms with E-state index in [0.717, 1.165) is 33.6 Å². The zero-order chi connectivity index (χ0) is 25.5. The summed E-state index contributed by atoms with van der Waals surface area (Å²) in [5.41, 5.74) is 5.90. The molecule has 1 N–H and O–H groups in total. The van der Waals surface area contributed by atoms with Gasteiger partial charge in [-0.3, -0.25) is 4.68 Å². The molecular weight excluding hydrogens is 493 g/mol. The number of piperidine rings is 1. The van der Waals surface area contributed by atoms with E-state index in [1.807, 2.05) is 61.0 Å². The van der Waals surface area contributed by atoms with Crippen molar-refractivity contribution in [1.82, 2.24) is 29.6 Å². The Morgan fingerprint density at radius 1 is 1.11 bits per heavy atom. The highest BCUT2D eigenvalue weighted by Crippen LogP contribution is 2.40. The van der Waals surface area contributed by atoms with E-state index < -0.39 is 12.3 Å². The number of benzene rings is 2. The molecule has 37 heavy (non-hydrogen) atoms. The molecule has 3 aromatic heterocycles. The second-order valence-electron chi connectivity index (χ2n) is 9.20. The summed E-state index contributed by atoms with van der Waals surface area (Å²) in [7, 11) is 5.34. The number of aromatic nitrogens is 5. The number of thiazole rings is 1. The van der Waals surface area contributed by atoms with E-state index in [1.165, 1.54) is 6.33 Å². The molecule has 6 rings (SSSR count). The summed E-state index contributed by atoms with van der Waals surface area (Å²) >= 11 is 1.57. The number of nitrogens with zero attached hydrogens (tertiary/aromatic N) is 6. The monoisotopic (exact) mass is 519 g/mol. The molecule has 0 radical (unpaired) electrons. The fourth-order valence-corrected chi connectivity index (χ4v) is 5.43. The molecule has 1 aliphatic heterocycles. The highest BCUT2D eigenvalue weighted by atomic mass is 32.1. The predicted octanol–water partition coefficient (Wildman–Crippen LogP) is 4.81. The van der Waals surface area contributed by atoms with Gasteiger partial charge in [0.15, 0.2) is 0 Å². The Morgan fingerprint density at radius 3 is 2.84 bits per heavy atom. The normalized spacial score (nSPS) is 18.4. The maximum atomic E-state index is 15.0. The first-order valence-electron chi connectivity index (χ1n) is 11.9. The van der Waals surface area contributed by atoms with Crippen LogP contribution in [0.1, 0.15) is 6.42 Å². The van der Waals surface area contributed by atoms with E-state index >= 15 is 4.39 Å². The summed E-state index contributed by atoms with van der Waals surface area (Å²) < 4.78 is 29.7. The van der Waals surface area contributed by atoms with Gasteiger partial charge >= 0.3 is 0 Å². The van der Waals surface area contributed by atoms with Crippen LogP contribution in [-0.2, 0) is 7.05 Å². The lowest BCUT2D eigenvalue weighted by atomic mass is 10.0. The van der Waals surface area contributed by atoms with E-state index in [9.17, 15) is 0 Å². The first-order valence-corrected chi connectivity index (χ1v) is 12.8. The van der Waals surface area contributed by atoms with E-state index in [2.05, 4.69) is 25.4 Å². The SMILES string of the molecule is COc1nn(C)cc1-c1cc(O[C@H]2CCN(C)C[C@H]2F)c2c(Nc3ccc4ncsc4c3)ncnc2c1. The first-order chi connectivity index (χ1) is 18.0. The fraction of sp³-hybridized carbons (Fsp3) is 0.308. The number of fused-ring (bicyclic) bond motifs is 2. The van der Waals surface area contributed by atoms with Crippen LogP contribution in [0.25, 0.3) is 32.2 Å². The number of methoxy groups -OCH3 is 1. The van der Waals surface area contributed by atoms with Gasteiger partial charge < -0.3 is 19.7 Å². The summed E-state index contributed by atoms with van der Waals surface area (Å²) in [6, 6.07) is 9.80. The van der Waals surface area contributed by atoms with Gasteiger partial charge in [-0.25, -0.2) is 19.3 Å². The standard InChI is InChI=1S/C26H26FN7O2S/c1-33-7-6-21(18(27)12-33)36-22-9-15(17-11-34(2)32-26(17)35-3)8-20-24(22)25(29-13-28-20)31-16-4-5-19-23(10-16)37-14-30-19/h4-5,8-11,13-14,18,21H,6-7,12H2,1-3H3,(H,28,29,31)/t18-,21+/m1/s1. The molecule has 1 aliphatic rings. The van der Waals surface area contributed by atoms with Crippen LogP contribution in [0, 0.1) is 0 Å². The average Bonchev–Trinajstić information content (AvgIpc) is 3.51. The van der Waals surface area contributed by atoms with Crippen molar-refractivity contribution in [3.63, 3.8) is 0 Å². The fourth-order valence-electron chi connectivity index (χ4n) is 4.71. The van der Waals surface area contributed by atoms with Crippen molar-refractivity contribution >= 4 is 44.0 Å². The highest BCUT2D eigenvalue weighted by molar-refractivity contribution is 7.16. The molecule has 1 fully saturated rings. The zero-order valence-corrected chi connectivity index (χ0v) is 21.5. The van der Waals surface area contributed by atoms with Gasteiger partial charge in [-0.15, -0.1) is 16.4 Å². The van der Waals surface area contributed by atoms with Crippen molar-refractivity contribution in [2.45, 2.75) is 18.7 Å². The number of hydrogen-bond acceptors (Lipinski definition) is 9. The molecule has 2 atom stereocenters. The van der Waals surface area contributed by atoms with Gasteiger partial charge in [0.1, 0.15) is 30.2 Å². The van der Waals surface area contributed by atoms with Crippen molar-refractivity contribution in [3.8, 4) is 22.8 Å². The van der Waals surface area contributed by atoms with Crippen molar-refractivity contribution in [2.75, 3.05) is 32.6 Å². The molecule has 1 saturated heterocycles. The Hall–Kier alpha value is -3.83. The number of likely N-dealkylation sites (tertiary alicyclic amines) is 1. The van der Waals surface area contributed by atoms with Crippen LogP contribution in [0.15, 0.2) is 48.4 Å². The van der Waals surface area contributed by atoms with Crippen molar-refractivity contribution in [1.29, 1.82) is 0 Å². The van der Waals surface area contributed by atoms with Gasteiger partial charge in [0.25, 0.3) is 0 Å². The Labute approximate surface area is 216 Å². The van der Waals surface area contributed by atoms with E-state index in [1.54, 1.807) is 23.1 Å². The van der Waals surface area contributed by atoms with Crippen LogP contribution < -0.4 is 14.8 Å². The van der Waals surface area contributed by atoms with Crippen molar-refractivity contribution in [3.05, 3.63) is 48.4 Å². The van der Waals surface area contributed by atoms with Crippen LogP contribution in [0.2, 0.25) is 0 Å². The first kappa shape index (κ1) is 23.6. The number of halogens is 1. The maximum absolute atomic E-state index is 15.0. The molecule has 9 nitrogen and oxygen atoms in total. The van der Waals surface area contributed by atoms with Gasteiger partial charge in [-0.1, -0.05) is 0 Å². The smallest absolute Gasteiger partial charge is 0.240 e. The summed E-state index contributed by atoms with van der Waals surface area (Å²) in [5, 5.41) is 8.48. The van der Waals surface area contributed by atoms with Crippen LogP contribution >= 0.6 is 11.3 Å². The molecule has 0 amide bonds. The van der Waals surface area contributed by atoms with E-state index in [4.69, 9.17) is 9.47 Å². The van der Waals surface area contributed by atoms with Crippen LogP contribution in [-0.4, -0.2) is 69.2 Å². The maximum Gasteiger partial charge on any atom is 0.240 e. The van der Waals surface area contributed by atoms with Gasteiger partial charge in [-0.2, -0.15) is 0 Å². The van der Waals surface area contributed by atoms with Gasteiger partial charge in [-0.05, 0) is 49.4 Å². The Kier molecular flexibility index (Phi) is 6.09. The molecule has 2 aromatic carbocycles. The molecule has 0 saturated carbocycles. The lowest BCUT2D eigenvalue weighted by molar-refractivity contribution is 0.0323. The topological polar surface area (TPSA) is 90.2 Å². The molecule has 0 unspecified atom stereocenters. The summed E-state index contributed by atoms with van der Waals surface area (Å²) in [4.78, 5) is 15.4. The lowest BCUT2D eigenvalue weighted by Crippen LogP contribution is -2.45. The molecule has 0 aliphatic carbocycles. The second kappa shape index (κ2) is 9.56. The number of hydrogen-bond donors (Lipinski definition) is 1. The largest absolute Gasteiger partial charge is 0.486 e. The van der Waals surface area contributed by atoms with Crippen molar-refractivity contribution < 1.29 is 13.9 Å². The minimum Gasteiger partial charge on any atom is -0.486 e. The van der Waals surface area contributed by atoms with Crippen LogP contribution in [0.5, 0.6) is 11.6 Å². The number of alkyl halides is 1. The van der Waals surface area contributed by atoms with Crippen molar-refractivity contribution in [2.24, 2.45) is 7.05 Å². The number of aryl methyl sites for hydroxylation is 1. The molecule has 190 valence electrons. The predicted molar refractivity (Wildman–Crippen MR) is 143 cm³/mol. The molecule has 0 spiro atoms. The van der Waals surface area contributed by atoms with E-state index in [-0.39, 0.29) is 0 Å². The minimum absolute atomic E-state index is 0.329. The summed E-state index contributed by atoms with van der Waals surface area (Å²) in [6.07, 6.45) is 2.28. The number of rotatable bonds is 6.